The second-order valence-corrected chi connectivity index (χ2v) is 19.0. The molecule has 0 radical (unpaired) electrons. The number of allylic oxidation sites excluding steroid dienone is 2. The van der Waals surface area contributed by atoms with Crippen molar-refractivity contribution >= 4 is 45.2 Å². The van der Waals surface area contributed by atoms with E-state index in [1.807, 2.05) is 0 Å². The molecule has 0 spiro atoms. The van der Waals surface area contributed by atoms with Crippen molar-refractivity contribution in [3.63, 3.8) is 0 Å². The van der Waals surface area contributed by atoms with Gasteiger partial charge in [0.15, 0.2) is 4.67 Å². The van der Waals surface area contributed by atoms with E-state index in [4.69, 9.17) is 25.8 Å². The minimum absolute atomic E-state index is 0.142. The minimum Gasteiger partial charge on any atom is -0.463 e. The first kappa shape index (κ1) is 30.5. The highest BCUT2D eigenvalue weighted by atomic mass is 33.2. The Morgan fingerprint density at radius 2 is 1.47 bits per heavy atom. The Hall–Kier alpha value is 0.480. The van der Waals surface area contributed by atoms with Crippen LogP contribution in [-0.2, 0) is 30.6 Å². The number of esters is 1. The van der Waals surface area contributed by atoms with Crippen LogP contribution < -0.4 is 0 Å². The average Bonchev–Trinajstić information content (AvgIpc) is 3.23. The van der Waals surface area contributed by atoms with Gasteiger partial charge >= 0.3 is 5.97 Å². The van der Waals surface area contributed by atoms with Gasteiger partial charge in [-0.15, -0.1) is 0 Å². The van der Waals surface area contributed by atoms with Crippen LogP contribution in [0.25, 0.3) is 0 Å². The maximum absolute atomic E-state index is 12.0. The van der Waals surface area contributed by atoms with Crippen molar-refractivity contribution in [1.82, 2.24) is 0 Å². The first-order valence-corrected chi connectivity index (χ1v) is 18.4. The summed E-state index contributed by atoms with van der Waals surface area (Å²) in [7, 11) is 1.62. The van der Waals surface area contributed by atoms with E-state index in [1.54, 1.807) is 29.9 Å². The topological polar surface area (TPSA) is 44.8 Å². The van der Waals surface area contributed by atoms with Crippen molar-refractivity contribution in [3.8, 4) is 0 Å². The normalized spacial score (nSPS) is 16.6. The molecule has 188 valence electrons. The van der Waals surface area contributed by atoms with E-state index < -0.39 is 4.67 Å². The molecule has 0 aliphatic carbocycles. The van der Waals surface area contributed by atoms with Gasteiger partial charge in [0.25, 0.3) is 0 Å². The largest absolute Gasteiger partial charge is 0.463 e. The lowest BCUT2D eigenvalue weighted by atomic mass is 10.1. The SMILES string of the molecule is CCCCCCCC/C=C\CCCCCCCC(=O)OCC(COP1(=S)SCCS1)OC. The van der Waals surface area contributed by atoms with Crippen LogP contribution in [0.5, 0.6) is 0 Å². The zero-order valence-electron chi connectivity index (χ0n) is 20.3. The fourth-order valence-electron chi connectivity index (χ4n) is 3.37. The molecule has 1 fully saturated rings. The number of rotatable bonds is 21. The maximum atomic E-state index is 12.0. The van der Waals surface area contributed by atoms with Gasteiger partial charge in [0, 0.05) is 25.0 Å². The molecule has 0 bridgehead atoms. The number of carbonyl (C=O) groups excluding carboxylic acids is 1. The molecule has 4 nitrogen and oxygen atoms in total. The van der Waals surface area contributed by atoms with Crippen molar-refractivity contribution in [1.29, 1.82) is 0 Å². The molecule has 0 saturated carbocycles. The molecule has 1 saturated heterocycles. The summed E-state index contributed by atoms with van der Waals surface area (Å²) >= 11 is 9.06. The summed E-state index contributed by atoms with van der Waals surface area (Å²) in [5.41, 5.74) is 0. The predicted octanol–water partition coefficient (Wildman–Crippen LogP) is 8.30. The average molecular weight is 525 g/mol. The first-order chi connectivity index (χ1) is 15.6. The Kier molecular flexibility index (Phi) is 19.9. The zero-order chi connectivity index (χ0) is 23.3. The van der Waals surface area contributed by atoms with E-state index in [9.17, 15) is 4.79 Å². The molecule has 0 amide bonds. The van der Waals surface area contributed by atoms with Crippen molar-refractivity contribution in [2.24, 2.45) is 0 Å². The molecule has 1 heterocycles. The summed E-state index contributed by atoms with van der Waals surface area (Å²) in [5, 5.41) is 0. The lowest BCUT2D eigenvalue weighted by Gasteiger charge is -2.19. The van der Waals surface area contributed by atoms with Crippen LogP contribution in [0.2, 0.25) is 0 Å². The number of ether oxygens (including phenoxy) is 2. The third-order valence-electron chi connectivity index (χ3n) is 5.41. The molecule has 0 aromatic rings. The number of hydrogen-bond acceptors (Lipinski definition) is 7. The number of carbonyl (C=O) groups is 1. The lowest BCUT2D eigenvalue weighted by Crippen LogP contribution is -2.25. The van der Waals surface area contributed by atoms with Gasteiger partial charge in [0.05, 0.1) is 6.61 Å². The van der Waals surface area contributed by atoms with E-state index in [0.717, 1.165) is 24.3 Å². The monoisotopic (exact) mass is 524 g/mol. The molecule has 1 aliphatic heterocycles. The van der Waals surface area contributed by atoms with Gasteiger partial charge in [-0.1, -0.05) is 93.2 Å². The van der Waals surface area contributed by atoms with E-state index >= 15 is 0 Å². The first-order valence-electron chi connectivity index (χ1n) is 12.5. The van der Waals surface area contributed by atoms with Gasteiger partial charge in [-0.05, 0) is 43.9 Å². The van der Waals surface area contributed by atoms with Gasteiger partial charge in [-0.25, -0.2) is 0 Å². The molecule has 0 N–H and O–H groups in total. The van der Waals surface area contributed by atoms with Crippen molar-refractivity contribution in [3.05, 3.63) is 12.2 Å². The summed E-state index contributed by atoms with van der Waals surface area (Å²) in [5.74, 6) is 1.98. The molecule has 8 heteroatoms. The highest BCUT2D eigenvalue weighted by Gasteiger charge is 2.26. The third-order valence-corrected chi connectivity index (χ3v) is 15.3. The van der Waals surface area contributed by atoms with Crippen LogP contribution in [0.15, 0.2) is 12.2 Å². The minimum atomic E-state index is -1.79. The summed E-state index contributed by atoms with van der Waals surface area (Å²) in [6.07, 6.45) is 21.2. The highest BCUT2D eigenvalue weighted by molar-refractivity contribution is 9.00. The second-order valence-electron chi connectivity index (χ2n) is 8.28. The quantitative estimate of drug-likeness (QED) is 0.0647. The van der Waals surface area contributed by atoms with E-state index in [-0.39, 0.29) is 18.7 Å². The lowest BCUT2D eigenvalue weighted by molar-refractivity contribution is -0.148. The van der Waals surface area contributed by atoms with Crippen LogP contribution >= 0.6 is 27.4 Å². The number of hydrogen-bond donors (Lipinski definition) is 0. The second kappa shape index (κ2) is 20.8. The van der Waals surface area contributed by atoms with Crippen LogP contribution in [0, 0.1) is 0 Å². The third kappa shape index (κ3) is 17.0. The smallest absolute Gasteiger partial charge is 0.305 e. The Labute approximate surface area is 210 Å². The van der Waals surface area contributed by atoms with E-state index in [1.165, 1.54) is 70.6 Å². The molecule has 1 aliphatic rings. The Morgan fingerprint density at radius 1 is 0.906 bits per heavy atom. The van der Waals surface area contributed by atoms with E-state index in [2.05, 4.69) is 19.1 Å². The maximum Gasteiger partial charge on any atom is 0.305 e. The molecule has 1 rings (SSSR count). The van der Waals surface area contributed by atoms with Gasteiger partial charge in [-0.2, -0.15) is 0 Å². The fourth-order valence-corrected chi connectivity index (χ4v) is 12.2. The van der Waals surface area contributed by atoms with Crippen molar-refractivity contribution in [2.75, 3.05) is 31.8 Å². The molecule has 0 aromatic heterocycles. The summed E-state index contributed by atoms with van der Waals surface area (Å²) in [4.78, 5) is 12.0. The zero-order valence-corrected chi connectivity index (χ0v) is 23.6. The molecule has 0 aromatic carbocycles. The standard InChI is InChI=1S/C24H45O4PS3/c1-3-4-5-6-7-8-9-10-11-12-13-14-15-16-17-18-24(25)27-21-23(26-2)22-28-29(30)31-19-20-32-29/h10-11,23H,3-9,12-22H2,1-2H3/b11-10-. The van der Waals surface area contributed by atoms with Crippen molar-refractivity contribution in [2.45, 2.75) is 103 Å². The van der Waals surface area contributed by atoms with E-state index in [0.29, 0.717) is 13.0 Å². The molecule has 1 atom stereocenters. The van der Waals surface area contributed by atoms with Crippen LogP contribution in [-0.4, -0.2) is 43.9 Å². The highest BCUT2D eigenvalue weighted by Crippen LogP contribution is 2.74. The van der Waals surface area contributed by atoms with Crippen LogP contribution in [0.1, 0.15) is 96.8 Å². The molecule has 1 unspecified atom stereocenters. The predicted molar refractivity (Wildman–Crippen MR) is 146 cm³/mol. The fraction of sp³-hybridized carbons (Fsp3) is 0.875. The molecular weight excluding hydrogens is 479 g/mol. The number of methoxy groups -OCH3 is 1. The summed E-state index contributed by atoms with van der Waals surface area (Å²) < 4.78 is 14.9. The number of unbranched alkanes of at least 4 members (excludes halogenated alkanes) is 11. The van der Waals surface area contributed by atoms with Gasteiger partial charge in [0.2, 0.25) is 0 Å². The van der Waals surface area contributed by atoms with Crippen molar-refractivity contribution < 1.29 is 18.8 Å². The van der Waals surface area contributed by atoms with Crippen LogP contribution in [0.3, 0.4) is 0 Å². The summed E-state index contributed by atoms with van der Waals surface area (Å²) in [6, 6.07) is 0. The Morgan fingerprint density at radius 3 is 2.06 bits per heavy atom. The Balaban J connectivity index is 1.90. The van der Waals surface area contributed by atoms with Crippen LogP contribution in [0.4, 0.5) is 0 Å². The summed E-state index contributed by atoms with van der Waals surface area (Å²) in [6.45, 7) is 2.90. The van der Waals surface area contributed by atoms with Gasteiger partial charge < -0.3 is 14.0 Å². The Bertz CT molecular complexity index is 535. The molecular formula is C24H45O4PS3. The van der Waals surface area contributed by atoms with Gasteiger partial charge in [0.1, 0.15) is 12.7 Å². The van der Waals surface area contributed by atoms with Gasteiger partial charge in [-0.3, -0.25) is 4.79 Å². The molecule has 32 heavy (non-hydrogen) atoms.